The van der Waals surface area contributed by atoms with E-state index in [1.807, 2.05) is 25.1 Å². The van der Waals surface area contributed by atoms with Crippen molar-refractivity contribution in [2.75, 3.05) is 32.8 Å². The van der Waals surface area contributed by atoms with Crippen LogP contribution < -0.4 is 14.8 Å². The highest BCUT2D eigenvalue weighted by atomic mass is 32.2. The number of sulfone groups is 1. The average molecular weight is 465 g/mol. The Bertz CT molecular complexity index is 1080. The molecule has 2 aromatic rings. The van der Waals surface area contributed by atoms with Crippen LogP contribution in [0.1, 0.15) is 27.3 Å². The summed E-state index contributed by atoms with van der Waals surface area (Å²) in [7, 11) is 1.96. The first-order chi connectivity index (χ1) is 14.8. The molecule has 1 saturated heterocycles. The van der Waals surface area contributed by atoms with Gasteiger partial charge in [0.15, 0.2) is 21.3 Å². The number of nitrogens with zero attached hydrogens (tertiary/aromatic N) is 1. The largest absolute Gasteiger partial charge is 0.493 e. The lowest BCUT2D eigenvalue weighted by Crippen LogP contribution is -2.29. The van der Waals surface area contributed by atoms with E-state index < -0.39 is 9.84 Å². The molecular weight excluding hydrogens is 436 g/mol. The molecule has 1 atom stereocenters. The highest BCUT2D eigenvalue weighted by Gasteiger charge is 2.27. The van der Waals surface area contributed by atoms with Gasteiger partial charge in [-0.25, -0.2) is 8.42 Å². The van der Waals surface area contributed by atoms with E-state index in [4.69, 9.17) is 9.47 Å². The first-order valence-electron chi connectivity index (χ1n) is 9.91. The van der Waals surface area contributed by atoms with Crippen LogP contribution in [0.5, 0.6) is 11.5 Å². The molecule has 0 aliphatic carbocycles. The van der Waals surface area contributed by atoms with Gasteiger partial charge in [0.2, 0.25) is 6.41 Å². The van der Waals surface area contributed by atoms with Crippen LogP contribution >= 0.6 is 11.3 Å². The molecule has 1 aliphatic rings. The molecule has 1 fully saturated rings. The number of methoxy groups -OCH3 is 2. The van der Waals surface area contributed by atoms with Gasteiger partial charge in [0, 0.05) is 41.2 Å². The van der Waals surface area contributed by atoms with Crippen LogP contribution in [0.4, 0.5) is 0 Å². The minimum absolute atomic E-state index is 0.00193. The molecule has 1 N–H and O–H groups in total. The summed E-state index contributed by atoms with van der Waals surface area (Å²) in [6.45, 7) is 2.64. The number of hydrogen-bond acceptors (Lipinski definition) is 7. The van der Waals surface area contributed by atoms with E-state index in [1.165, 1.54) is 4.90 Å². The van der Waals surface area contributed by atoms with Gasteiger partial charge >= 0.3 is 0 Å². The van der Waals surface area contributed by atoms with E-state index in [1.54, 1.807) is 38.8 Å². The van der Waals surface area contributed by atoms with E-state index in [0.29, 0.717) is 24.5 Å². The molecule has 1 unspecified atom stereocenters. The molecule has 9 heteroatoms. The van der Waals surface area contributed by atoms with Crippen molar-refractivity contribution in [3.63, 3.8) is 0 Å². The second-order valence-corrected chi connectivity index (χ2v) is 11.0. The molecule has 2 heterocycles. The van der Waals surface area contributed by atoms with Crippen molar-refractivity contribution in [1.29, 1.82) is 0 Å². The Kier molecular flexibility index (Phi) is 7.40. The molecule has 0 spiro atoms. The third-order valence-corrected chi connectivity index (χ3v) is 8.24. The quantitative estimate of drug-likeness (QED) is 0.575. The summed E-state index contributed by atoms with van der Waals surface area (Å²) < 4.78 is 34.2. The summed E-state index contributed by atoms with van der Waals surface area (Å²) >= 11 is 1.63. The fourth-order valence-corrected chi connectivity index (χ4v) is 6.47. The number of benzene rings is 1. The minimum Gasteiger partial charge on any atom is -0.493 e. The number of ether oxygens (including phenoxy) is 2. The summed E-state index contributed by atoms with van der Waals surface area (Å²) in [4.78, 5) is 14.9. The third-order valence-electron chi connectivity index (χ3n) is 5.20. The SMILES string of the molecule is COc1ccc(C(=CN(C)C=O)c2sc(CNC3CCS(=O)(=O)C3)cc2C)cc1OC. The Balaban J connectivity index is 1.90. The van der Waals surface area contributed by atoms with E-state index >= 15 is 0 Å². The zero-order valence-electron chi connectivity index (χ0n) is 18.2. The topological polar surface area (TPSA) is 84.9 Å². The molecule has 1 amide bonds. The third kappa shape index (κ3) is 5.66. The zero-order valence-corrected chi connectivity index (χ0v) is 19.8. The van der Waals surface area contributed by atoms with Gasteiger partial charge in [-0.2, -0.15) is 0 Å². The van der Waals surface area contributed by atoms with Crippen molar-refractivity contribution in [2.24, 2.45) is 0 Å². The molecule has 31 heavy (non-hydrogen) atoms. The van der Waals surface area contributed by atoms with Crippen LogP contribution in [0, 0.1) is 6.92 Å². The number of carbonyl (C=O) groups excluding carboxylic acids is 1. The number of rotatable bonds is 9. The number of aryl methyl sites for hydroxylation is 1. The summed E-state index contributed by atoms with van der Waals surface area (Å²) in [6, 6.07) is 7.77. The fourth-order valence-electron chi connectivity index (χ4n) is 3.61. The number of thiophene rings is 1. The maximum Gasteiger partial charge on any atom is 0.213 e. The van der Waals surface area contributed by atoms with Crippen LogP contribution in [-0.4, -0.2) is 58.5 Å². The minimum atomic E-state index is -2.91. The van der Waals surface area contributed by atoms with E-state index in [2.05, 4.69) is 11.4 Å². The zero-order chi connectivity index (χ0) is 22.6. The molecule has 1 aromatic carbocycles. The number of hydrogen-bond donors (Lipinski definition) is 1. The number of nitrogens with one attached hydrogen (secondary N) is 1. The summed E-state index contributed by atoms with van der Waals surface area (Å²) in [6.07, 6.45) is 3.21. The van der Waals surface area contributed by atoms with Gasteiger partial charge in [-0.15, -0.1) is 11.3 Å². The molecule has 0 bridgehead atoms. The standard InChI is InChI=1S/C22H28N2O5S2/c1-15-9-18(11-23-17-7-8-31(26,27)13-17)30-22(15)19(12-24(2)14-25)16-5-6-20(28-3)21(10-16)29-4/h5-6,9-10,12,14,17,23H,7-8,11,13H2,1-4H3. The normalized spacial score (nSPS) is 18.1. The van der Waals surface area contributed by atoms with Crippen LogP contribution in [-0.2, 0) is 21.2 Å². The predicted molar refractivity (Wildman–Crippen MR) is 123 cm³/mol. The van der Waals surface area contributed by atoms with Crippen molar-refractivity contribution in [3.8, 4) is 11.5 Å². The average Bonchev–Trinajstić information content (AvgIpc) is 3.30. The van der Waals surface area contributed by atoms with Crippen molar-refractivity contribution >= 4 is 33.2 Å². The van der Waals surface area contributed by atoms with Gasteiger partial charge in [-0.05, 0) is 42.7 Å². The highest BCUT2D eigenvalue weighted by Crippen LogP contribution is 2.37. The van der Waals surface area contributed by atoms with Gasteiger partial charge in [0.1, 0.15) is 0 Å². The van der Waals surface area contributed by atoms with Gasteiger partial charge in [-0.3, -0.25) is 4.79 Å². The first kappa shape index (κ1) is 23.3. The van der Waals surface area contributed by atoms with Gasteiger partial charge in [0.05, 0.1) is 25.7 Å². The van der Waals surface area contributed by atoms with E-state index in [0.717, 1.165) is 32.9 Å². The number of amides is 1. The highest BCUT2D eigenvalue weighted by molar-refractivity contribution is 7.91. The Morgan fingerprint density at radius 3 is 2.61 bits per heavy atom. The second kappa shape index (κ2) is 9.84. The lowest BCUT2D eigenvalue weighted by Gasteiger charge is -2.14. The van der Waals surface area contributed by atoms with Crippen LogP contribution in [0.2, 0.25) is 0 Å². The lowest BCUT2D eigenvalue weighted by molar-refractivity contribution is -0.114. The maximum absolute atomic E-state index is 11.7. The predicted octanol–water partition coefficient (Wildman–Crippen LogP) is 2.83. The molecular formula is C22H28N2O5S2. The molecule has 1 aromatic heterocycles. The molecule has 1 aliphatic heterocycles. The maximum atomic E-state index is 11.7. The first-order valence-corrected chi connectivity index (χ1v) is 12.5. The Labute approximate surface area is 187 Å². The van der Waals surface area contributed by atoms with Gasteiger partial charge < -0.3 is 19.7 Å². The van der Waals surface area contributed by atoms with Crippen LogP contribution in [0.25, 0.3) is 5.57 Å². The van der Waals surface area contributed by atoms with Crippen molar-refractivity contribution in [2.45, 2.75) is 25.9 Å². The summed E-state index contributed by atoms with van der Waals surface area (Å²) in [5.74, 6) is 1.70. The van der Waals surface area contributed by atoms with Crippen molar-refractivity contribution in [3.05, 3.63) is 51.3 Å². The van der Waals surface area contributed by atoms with Gasteiger partial charge in [-0.1, -0.05) is 6.07 Å². The molecule has 0 radical (unpaired) electrons. The van der Waals surface area contributed by atoms with Crippen molar-refractivity contribution in [1.82, 2.24) is 10.2 Å². The monoisotopic (exact) mass is 464 g/mol. The molecule has 168 valence electrons. The molecule has 3 rings (SSSR count). The molecule has 0 saturated carbocycles. The summed E-state index contributed by atoms with van der Waals surface area (Å²) in [5.41, 5.74) is 2.88. The van der Waals surface area contributed by atoms with Crippen LogP contribution in [0.3, 0.4) is 0 Å². The second-order valence-electron chi connectivity index (χ2n) is 7.59. The molecule has 7 nitrogen and oxygen atoms in total. The lowest BCUT2D eigenvalue weighted by atomic mass is 10.0. The van der Waals surface area contributed by atoms with Crippen molar-refractivity contribution < 1.29 is 22.7 Å². The van der Waals surface area contributed by atoms with E-state index in [9.17, 15) is 13.2 Å². The smallest absolute Gasteiger partial charge is 0.213 e. The Morgan fingerprint density at radius 1 is 1.26 bits per heavy atom. The van der Waals surface area contributed by atoms with Crippen LogP contribution in [0.15, 0.2) is 30.5 Å². The Morgan fingerprint density at radius 2 is 2.00 bits per heavy atom. The Hall–Kier alpha value is -2.36. The summed E-state index contributed by atoms with van der Waals surface area (Å²) in [5, 5.41) is 3.37. The van der Waals surface area contributed by atoms with E-state index in [-0.39, 0.29) is 17.5 Å². The fraction of sp³-hybridized carbons (Fsp3) is 0.409. The number of carbonyl (C=O) groups is 1. The van der Waals surface area contributed by atoms with Gasteiger partial charge in [0.25, 0.3) is 0 Å².